The molecule has 3 aliphatic rings. The van der Waals surface area contributed by atoms with E-state index in [0.717, 1.165) is 37.8 Å². The molecule has 5 atom stereocenters. The van der Waals surface area contributed by atoms with Gasteiger partial charge < -0.3 is 16.0 Å². The maximum Gasteiger partial charge on any atom is 0.230 e. The highest BCUT2D eigenvalue weighted by Crippen LogP contribution is 2.48. The van der Waals surface area contributed by atoms with Crippen LogP contribution in [0, 0.1) is 30.6 Å². The van der Waals surface area contributed by atoms with E-state index >= 15 is 0 Å². The number of nitrogens with zero attached hydrogens (tertiary/aromatic N) is 2. The molecule has 5 unspecified atom stereocenters. The van der Waals surface area contributed by atoms with Crippen LogP contribution in [0.3, 0.4) is 0 Å². The van der Waals surface area contributed by atoms with Crippen molar-refractivity contribution < 1.29 is 9.59 Å². The Labute approximate surface area is 154 Å². The van der Waals surface area contributed by atoms with Crippen LogP contribution in [-0.4, -0.2) is 40.8 Å². The van der Waals surface area contributed by atoms with Gasteiger partial charge in [-0.15, -0.1) is 0 Å². The molecule has 0 radical (unpaired) electrons. The summed E-state index contributed by atoms with van der Waals surface area (Å²) in [6, 6.07) is 3.75. The minimum Gasteiger partial charge on any atom is -0.342 e. The van der Waals surface area contributed by atoms with Crippen LogP contribution in [0.5, 0.6) is 0 Å². The van der Waals surface area contributed by atoms with Gasteiger partial charge in [0.05, 0.1) is 11.8 Å². The molecule has 0 spiro atoms. The van der Waals surface area contributed by atoms with Gasteiger partial charge in [-0.1, -0.05) is 6.07 Å². The Hall–Kier alpha value is -1.95. The molecule has 2 bridgehead atoms. The Morgan fingerprint density at radius 2 is 2.04 bits per heavy atom. The number of nitrogens with one attached hydrogen (secondary N) is 1. The van der Waals surface area contributed by atoms with Crippen molar-refractivity contribution in [2.75, 3.05) is 18.4 Å². The predicted molar refractivity (Wildman–Crippen MR) is 99.2 cm³/mol. The maximum absolute atomic E-state index is 13.1. The number of anilines is 1. The number of aryl methyl sites for hydroxylation is 1. The predicted octanol–water partition coefficient (Wildman–Crippen LogP) is 1.94. The van der Waals surface area contributed by atoms with Gasteiger partial charge in [-0.05, 0) is 62.5 Å². The lowest BCUT2D eigenvalue weighted by atomic mass is 9.83. The molecular weight excluding hydrogens is 328 g/mol. The van der Waals surface area contributed by atoms with Gasteiger partial charge >= 0.3 is 0 Å². The summed E-state index contributed by atoms with van der Waals surface area (Å²) in [4.78, 5) is 31.8. The van der Waals surface area contributed by atoms with Crippen LogP contribution in [0.25, 0.3) is 0 Å². The number of rotatable bonds is 3. The van der Waals surface area contributed by atoms with Crippen molar-refractivity contribution in [3.8, 4) is 0 Å². The Bertz CT molecular complexity index is 688. The average molecular weight is 356 g/mol. The van der Waals surface area contributed by atoms with Crippen LogP contribution in [0.2, 0.25) is 0 Å². The topological polar surface area (TPSA) is 88.3 Å². The van der Waals surface area contributed by atoms with Crippen molar-refractivity contribution in [3.63, 3.8) is 0 Å². The molecule has 26 heavy (non-hydrogen) atoms. The summed E-state index contributed by atoms with van der Waals surface area (Å²) in [5.74, 6) is 1.46. The highest BCUT2D eigenvalue weighted by molar-refractivity contribution is 5.92. The summed E-state index contributed by atoms with van der Waals surface area (Å²) >= 11 is 0. The second-order valence-corrected chi connectivity index (χ2v) is 8.27. The van der Waals surface area contributed by atoms with Gasteiger partial charge in [0, 0.05) is 25.3 Å². The monoisotopic (exact) mass is 356 g/mol. The normalized spacial score (nSPS) is 33.3. The minimum atomic E-state index is -0.175. The lowest BCUT2D eigenvalue weighted by molar-refractivity contribution is -0.140. The molecule has 6 nitrogen and oxygen atoms in total. The lowest BCUT2D eigenvalue weighted by Crippen LogP contribution is -2.51. The Balaban J connectivity index is 1.38. The number of fused-ring (bicyclic) bond motifs is 2. The van der Waals surface area contributed by atoms with Gasteiger partial charge in [0.15, 0.2) is 0 Å². The largest absolute Gasteiger partial charge is 0.342 e. The van der Waals surface area contributed by atoms with E-state index in [2.05, 4.69) is 10.3 Å². The molecule has 140 valence electrons. The molecule has 1 aliphatic heterocycles. The fraction of sp³-hybridized carbons (Fsp3) is 0.650. The molecule has 0 aromatic carbocycles. The molecule has 6 heteroatoms. The summed E-state index contributed by atoms with van der Waals surface area (Å²) in [6.45, 7) is 3.20. The van der Waals surface area contributed by atoms with Crippen LogP contribution in [0.15, 0.2) is 18.3 Å². The van der Waals surface area contributed by atoms with Gasteiger partial charge in [-0.3, -0.25) is 9.59 Å². The van der Waals surface area contributed by atoms with E-state index in [4.69, 9.17) is 5.73 Å². The fourth-order valence-corrected chi connectivity index (χ4v) is 5.07. The number of hydrogen-bond donors (Lipinski definition) is 2. The van der Waals surface area contributed by atoms with E-state index in [1.54, 1.807) is 6.20 Å². The number of carbonyl (C=O) groups is 2. The fourth-order valence-electron chi connectivity index (χ4n) is 5.07. The molecule has 2 heterocycles. The maximum atomic E-state index is 13.1. The van der Waals surface area contributed by atoms with Gasteiger partial charge in [0.2, 0.25) is 11.8 Å². The quantitative estimate of drug-likeness (QED) is 0.866. The van der Waals surface area contributed by atoms with Crippen molar-refractivity contribution in [3.05, 3.63) is 23.9 Å². The summed E-state index contributed by atoms with van der Waals surface area (Å²) < 4.78 is 0. The smallest absolute Gasteiger partial charge is 0.230 e. The van der Waals surface area contributed by atoms with Crippen LogP contribution in [0.4, 0.5) is 5.82 Å². The van der Waals surface area contributed by atoms with Gasteiger partial charge in [0.1, 0.15) is 5.82 Å². The van der Waals surface area contributed by atoms with Gasteiger partial charge in [0.25, 0.3) is 0 Å². The molecule has 3 N–H and O–H groups in total. The number of amides is 2. The highest BCUT2D eigenvalue weighted by Gasteiger charge is 2.50. The molecule has 1 saturated heterocycles. The molecule has 1 aromatic rings. The first-order valence-electron chi connectivity index (χ1n) is 9.81. The molecule has 2 amide bonds. The highest BCUT2D eigenvalue weighted by atomic mass is 16.2. The van der Waals surface area contributed by atoms with E-state index in [1.807, 2.05) is 24.0 Å². The van der Waals surface area contributed by atoms with E-state index in [9.17, 15) is 9.59 Å². The Morgan fingerprint density at radius 1 is 1.23 bits per heavy atom. The molecule has 1 aromatic heterocycles. The summed E-state index contributed by atoms with van der Waals surface area (Å²) in [5, 5.41) is 2.89. The van der Waals surface area contributed by atoms with Gasteiger partial charge in [-0.25, -0.2) is 4.98 Å². The summed E-state index contributed by atoms with van der Waals surface area (Å²) in [6.07, 6.45) is 6.82. The van der Waals surface area contributed by atoms with E-state index in [1.165, 1.54) is 6.42 Å². The van der Waals surface area contributed by atoms with Crippen LogP contribution in [0.1, 0.15) is 37.7 Å². The molecule has 4 rings (SSSR count). The number of likely N-dealkylation sites (tertiary alicyclic amines) is 1. The Kier molecular flexibility index (Phi) is 4.69. The van der Waals surface area contributed by atoms with Crippen molar-refractivity contribution in [2.24, 2.45) is 29.4 Å². The first kappa shape index (κ1) is 17.5. The molecule has 3 fully saturated rings. The van der Waals surface area contributed by atoms with Crippen molar-refractivity contribution in [1.29, 1.82) is 0 Å². The van der Waals surface area contributed by atoms with E-state index in [-0.39, 0.29) is 29.7 Å². The third-order valence-corrected chi connectivity index (χ3v) is 6.53. The molecule has 2 aliphatic carbocycles. The Morgan fingerprint density at radius 3 is 2.73 bits per heavy atom. The van der Waals surface area contributed by atoms with Crippen molar-refractivity contribution >= 4 is 17.6 Å². The number of carbonyl (C=O) groups excluding carboxylic acids is 2. The second-order valence-electron chi connectivity index (χ2n) is 8.27. The number of aromatic nitrogens is 1. The average Bonchev–Trinajstić information content (AvgIpc) is 3.24. The summed E-state index contributed by atoms with van der Waals surface area (Å²) in [7, 11) is 0. The number of nitrogens with two attached hydrogens (primary N) is 1. The first-order chi connectivity index (χ1) is 12.5. The number of piperidine rings is 1. The standard InChI is InChI=1S/C20H28N4O2/c1-12-4-7-16(22-10-12)23-19(25)15-3-2-8-24(11-15)20(26)17-13-5-6-14(9-13)18(17)21/h4,7,10,13-15,17-18H,2-3,5-6,8-9,11,21H2,1H3,(H,22,23,25). The van der Waals surface area contributed by atoms with Crippen molar-refractivity contribution in [1.82, 2.24) is 9.88 Å². The first-order valence-corrected chi connectivity index (χ1v) is 9.81. The molecular formula is C20H28N4O2. The zero-order chi connectivity index (χ0) is 18.3. The molecule has 2 saturated carbocycles. The minimum absolute atomic E-state index is 0.00668. The third-order valence-electron chi connectivity index (χ3n) is 6.53. The van der Waals surface area contributed by atoms with Crippen LogP contribution < -0.4 is 11.1 Å². The lowest BCUT2D eigenvalue weighted by Gasteiger charge is -2.37. The van der Waals surface area contributed by atoms with E-state index < -0.39 is 0 Å². The summed E-state index contributed by atoms with van der Waals surface area (Å²) in [5.41, 5.74) is 7.40. The number of hydrogen-bond acceptors (Lipinski definition) is 4. The number of pyridine rings is 1. The van der Waals surface area contributed by atoms with Crippen LogP contribution in [-0.2, 0) is 9.59 Å². The zero-order valence-corrected chi connectivity index (χ0v) is 15.4. The zero-order valence-electron chi connectivity index (χ0n) is 15.4. The second kappa shape index (κ2) is 6.99. The third kappa shape index (κ3) is 3.22. The van der Waals surface area contributed by atoms with Crippen molar-refractivity contribution in [2.45, 2.75) is 45.1 Å². The van der Waals surface area contributed by atoms with Crippen LogP contribution >= 0.6 is 0 Å². The SMILES string of the molecule is Cc1ccc(NC(=O)C2CCCN(C(=O)C3C4CCC(C4)C3N)C2)nc1. The van der Waals surface area contributed by atoms with E-state index in [0.29, 0.717) is 24.2 Å². The van der Waals surface area contributed by atoms with Gasteiger partial charge in [-0.2, -0.15) is 0 Å².